The molecule has 0 bridgehead atoms. The monoisotopic (exact) mass is 569 g/mol. The lowest BCUT2D eigenvalue weighted by Gasteiger charge is -2.35. The molecule has 0 aromatic heterocycles. The minimum Gasteiger partial charge on any atom is -0.480 e. The molecular weight excluding hydrogens is 530 g/mol. The van der Waals surface area contributed by atoms with Crippen molar-refractivity contribution in [1.82, 2.24) is 15.1 Å². The van der Waals surface area contributed by atoms with Gasteiger partial charge in [0.25, 0.3) is 0 Å². The second kappa shape index (κ2) is 13.7. The van der Waals surface area contributed by atoms with Crippen molar-refractivity contribution < 1.29 is 24.2 Å². The van der Waals surface area contributed by atoms with Crippen molar-refractivity contribution in [2.75, 3.05) is 26.7 Å². The predicted molar refractivity (Wildman–Crippen MR) is 161 cm³/mol. The van der Waals surface area contributed by atoms with E-state index in [1.54, 1.807) is 0 Å². The van der Waals surface area contributed by atoms with Crippen molar-refractivity contribution in [3.05, 3.63) is 95.6 Å². The van der Waals surface area contributed by atoms with Crippen LogP contribution in [0.4, 0.5) is 4.79 Å². The lowest BCUT2D eigenvalue weighted by Crippen LogP contribution is -2.57. The molecule has 2 unspecified atom stereocenters. The highest BCUT2D eigenvalue weighted by molar-refractivity contribution is 5.89. The summed E-state index contributed by atoms with van der Waals surface area (Å²) in [5.41, 5.74) is 5.55. The van der Waals surface area contributed by atoms with Gasteiger partial charge in [-0.25, -0.2) is 9.59 Å². The fourth-order valence-electron chi connectivity index (χ4n) is 6.24. The highest BCUT2D eigenvalue weighted by atomic mass is 16.5. The maximum absolute atomic E-state index is 14.0. The summed E-state index contributed by atoms with van der Waals surface area (Å²) in [7, 11) is 1.88. The molecule has 0 spiro atoms. The molecule has 8 nitrogen and oxygen atoms in total. The van der Waals surface area contributed by atoms with E-state index in [4.69, 9.17) is 4.74 Å². The van der Waals surface area contributed by atoms with Crippen molar-refractivity contribution in [2.45, 2.75) is 56.7 Å². The normalized spacial score (nSPS) is 17.5. The maximum Gasteiger partial charge on any atom is 0.407 e. The molecule has 220 valence electrons. The summed E-state index contributed by atoms with van der Waals surface area (Å²) < 4.78 is 5.77. The number of amides is 2. The molecule has 42 heavy (non-hydrogen) atoms. The zero-order valence-corrected chi connectivity index (χ0v) is 24.1. The van der Waals surface area contributed by atoms with Gasteiger partial charge >= 0.3 is 12.1 Å². The molecule has 2 N–H and O–H groups in total. The number of carbonyl (C=O) groups is 3. The second-order valence-electron chi connectivity index (χ2n) is 11.3. The highest BCUT2D eigenvalue weighted by Gasteiger charge is 2.36. The third-order valence-electron chi connectivity index (χ3n) is 8.29. The van der Waals surface area contributed by atoms with Gasteiger partial charge in [-0.2, -0.15) is 0 Å². The van der Waals surface area contributed by atoms with Crippen LogP contribution in [0.3, 0.4) is 0 Å². The Hall–Kier alpha value is -4.17. The summed E-state index contributed by atoms with van der Waals surface area (Å²) >= 11 is 0. The van der Waals surface area contributed by atoms with E-state index in [9.17, 15) is 19.5 Å². The van der Waals surface area contributed by atoms with Crippen LogP contribution in [0.1, 0.15) is 54.7 Å². The number of benzene rings is 3. The molecule has 3 aromatic rings. The number of carbonyl (C=O) groups excluding carboxylic acids is 2. The van der Waals surface area contributed by atoms with E-state index < -0.39 is 30.1 Å². The van der Waals surface area contributed by atoms with Gasteiger partial charge in [0.15, 0.2) is 0 Å². The Kier molecular flexibility index (Phi) is 9.54. The summed E-state index contributed by atoms with van der Waals surface area (Å²) in [5.74, 6) is -1.51. The number of carboxylic acids is 1. The van der Waals surface area contributed by atoms with Crippen LogP contribution in [0.2, 0.25) is 0 Å². The molecule has 3 aromatic carbocycles. The number of hydrogen-bond donors (Lipinski definition) is 2. The molecule has 2 amide bonds. The number of alkyl carbamates (subject to hydrolysis) is 1. The molecule has 8 heteroatoms. The molecule has 2 atom stereocenters. The number of fused-ring (bicyclic) bond motifs is 3. The van der Waals surface area contributed by atoms with Crippen molar-refractivity contribution in [2.24, 2.45) is 0 Å². The van der Waals surface area contributed by atoms with E-state index in [1.165, 1.54) is 4.90 Å². The first-order valence-electron chi connectivity index (χ1n) is 14.8. The third kappa shape index (κ3) is 6.82. The van der Waals surface area contributed by atoms with Gasteiger partial charge in [0.2, 0.25) is 5.91 Å². The van der Waals surface area contributed by atoms with Crippen molar-refractivity contribution in [3.63, 3.8) is 0 Å². The van der Waals surface area contributed by atoms with Crippen LogP contribution >= 0.6 is 0 Å². The Bertz CT molecular complexity index is 1350. The van der Waals surface area contributed by atoms with Gasteiger partial charge in [0.05, 0.1) is 0 Å². The Labute approximate surface area is 247 Å². The number of nitrogens with one attached hydrogen (secondary N) is 1. The van der Waals surface area contributed by atoms with Gasteiger partial charge in [-0.15, -0.1) is 0 Å². The van der Waals surface area contributed by atoms with Crippen LogP contribution in [0.15, 0.2) is 78.9 Å². The van der Waals surface area contributed by atoms with E-state index >= 15 is 0 Å². The molecule has 1 aliphatic heterocycles. The average Bonchev–Trinajstić information content (AvgIpc) is 3.29. The largest absolute Gasteiger partial charge is 0.480 e. The van der Waals surface area contributed by atoms with Crippen LogP contribution < -0.4 is 5.32 Å². The van der Waals surface area contributed by atoms with Gasteiger partial charge in [-0.1, -0.05) is 98.1 Å². The van der Waals surface area contributed by atoms with E-state index in [0.717, 1.165) is 53.5 Å². The lowest BCUT2D eigenvalue weighted by atomic mass is 9.98. The molecule has 5 rings (SSSR count). The fraction of sp³-hybridized carbons (Fsp3) is 0.382. The van der Waals surface area contributed by atoms with Crippen LogP contribution in [0.5, 0.6) is 0 Å². The Morgan fingerprint density at radius 1 is 0.905 bits per heavy atom. The SMILES string of the molecule is CN(Cc1ccccc1)CC(NC(=O)OCC1c2ccccc2-c2ccccc21)C(=O)N1CCCCCCC1C(=O)O. The van der Waals surface area contributed by atoms with Crippen LogP contribution in [-0.2, 0) is 20.9 Å². The quantitative estimate of drug-likeness (QED) is 0.364. The molecule has 0 saturated carbocycles. The van der Waals surface area contributed by atoms with Gasteiger partial charge in [0, 0.05) is 25.6 Å². The van der Waals surface area contributed by atoms with E-state index in [-0.39, 0.29) is 19.1 Å². The zero-order valence-electron chi connectivity index (χ0n) is 24.1. The number of hydrogen-bond acceptors (Lipinski definition) is 5. The summed E-state index contributed by atoms with van der Waals surface area (Å²) in [6.45, 7) is 1.25. The van der Waals surface area contributed by atoms with Crippen molar-refractivity contribution in [1.29, 1.82) is 0 Å². The highest BCUT2D eigenvalue weighted by Crippen LogP contribution is 2.44. The van der Waals surface area contributed by atoms with Gasteiger partial charge < -0.3 is 20.1 Å². The van der Waals surface area contributed by atoms with Gasteiger partial charge in [-0.05, 0) is 47.7 Å². The van der Waals surface area contributed by atoms with Crippen LogP contribution in [-0.4, -0.2) is 71.7 Å². The zero-order chi connectivity index (χ0) is 29.5. The molecular formula is C34H39N3O5. The first-order chi connectivity index (χ1) is 20.4. The maximum atomic E-state index is 14.0. The minimum absolute atomic E-state index is 0.108. The van der Waals surface area contributed by atoms with Crippen molar-refractivity contribution >= 4 is 18.0 Å². The van der Waals surface area contributed by atoms with E-state index in [0.29, 0.717) is 19.5 Å². The third-order valence-corrected chi connectivity index (χ3v) is 8.29. The Balaban J connectivity index is 1.32. The predicted octanol–water partition coefficient (Wildman–Crippen LogP) is 5.27. The first kappa shape index (κ1) is 29.3. The second-order valence-corrected chi connectivity index (χ2v) is 11.3. The topological polar surface area (TPSA) is 99.2 Å². The van der Waals surface area contributed by atoms with E-state index in [1.807, 2.05) is 66.5 Å². The summed E-state index contributed by atoms with van der Waals surface area (Å²) in [6.07, 6.45) is 3.08. The van der Waals surface area contributed by atoms with Gasteiger partial charge in [0.1, 0.15) is 18.7 Å². The smallest absolute Gasteiger partial charge is 0.407 e. The molecule has 0 radical (unpaired) electrons. The van der Waals surface area contributed by atoms with E-state index in [2.05, 4.69) is 29.6 Å². The Morgan fingerprint density at radius 2 is 1.52 bits per heavy atom. The molecule has 1 aliphatic carbocycles. The Morgan fingerprint density at radius 3 is 2.19 bits per heavy atom. The number of ether oxygens (including phenoxy) is 1. The minimum atomic E-state index is -1.01. The molecule has 1 heterocycles. The molecule has 1 saturated heterocycles. The van der Waals surface area contributed by atoms with Crippen LogP contribution in [0, 0.1) is 0 Å². The number of nitrogens with zero attached hydrogens (tertiary/aromatic N) is 2. The number of carboxylic acid groups (broad SMARTS) is 1. The molecule has 2 aliphatic rings. The molecule has 1 fully saturated rings. The number of aliphatic carboxylic acids is 1. The average molecular weight is 570 g/mol. The van der Waals surface area contributed by atoms with Crippen LogP contribution in [0.25, 0.3) is 11.1 Å². The lowest BCUT2D eigenvalue weighted by molar-refractivity contribution is -0.152. The first-order valence-corrected chi connectivity index (χ1v) is 14.8. The number of likely N-dealkylation sites (N-methyl/N-ethyl adjacent to an activating group) is 1. The summed E-state index contributed by atoms with van der Waals surface area (Å²) in [4.78, 5) is 42.8. The standard InChI is InChI=1S/C34H39N3O5/c1-36(21-24-13-5-4-6-14-24)22-30(32(38)37-20-12-3-2-7-19-31(37)33(39)40)35-34(41)42-23-29-27-17-10-8-15-25(27)26-16-9-11-18-28(26)29/h4-6,8-11,13-18,29-31H,2-3,7,12,19-23H2,1H3,(H,35,41)(H,39,40). The number of rotatable bonds is 9. The van der Waals surface area contributed by atoms with Gasteiger partial charge in [-0.3, -0.25) is 9.69 Å². The van der Waals surface area contributed by atoms with Crippen molar-refractivity contribution in [3.8, 4) is 11.1 Å². The fourth-order valence-corrected chi connectivity index (χ4v) is 6.24. The summed E-state index contributed by atoms with van der Waals surface area (Å²) in [5, 5.41) is 12.8. The summed E-state index contributed by atoms with van der Waals surface area (Å²) in [6, 6.07) is 24.2. The number of likely N-dealkylation sites (tertiary alicyclic amines) is 1.